The Kier molecular flexibility index (Phi) is 69.6. The third-order valence-electron chi connectivity index (χ3n) is 18.3. The molecule has 0 aromatic heterocycles. The van der Waals surface area contributed by atoms with Gasteiger partial charge in [0.25, 0.3) is 0 Å². The molecule has 0 aliphatic rings. The zero-order valence-electron chi connectivity index (χ0n) is 63.2. The Hall–Kier alpha value is -1.94. The van der Waals surface area contributed by atoms with Crippen LogP contribution in [0.2, 0.25) is 0 Å². The Morgan fingerprint density at radius 3 is 0.701 bits per heavy atom. The van der Waals surface area contributed by atoms with Gasteiger partial charge in [-0.15, -0.1) is 0 Å². The van der Waals surface area contributed by atoms with Crippen LogP contribution < -0.4 is 0 Å². The molecule has 0 spiro atoms. The fourth-order valence-electron chi connectivity index (χ4n) is 12.1. The third-order valence-corrected chi connectivity index (χ3v) is 20.2. The van der Waals surface area contributed by atoms with E-state index in [0.717, 1.165) is 95.8 Å². The van der Waals surface area contributed by atoms with E-state index in [9.17, 15) is 43.2 Å². The summed E-state index contributed by atoms with van der Waals surface area (Å²) in [5, 5.41) is 10.6. The number of hydrogen-bond acceptors (Lipinski definition) is 15. The van der Waals surface area contributed by atoms with Crippen LogP contribution in [0, 0.1) is 5.92 Å². The summed E-state index contributed by atoms with van der Waals surface area (Å²) in [7, 11) is -9.91. The van der Waals surface area contributed by atoms with E-state index < -0.39 is 97.5 Å². The van der Waals surface area contributed by atoms with Gasteiger partial charge >= 0.3 is 39.5 Å². The number of aliphatic hydroxyl groups is 1. The Morgan fingerprint density at radius 2 is 0.474 bits per heavy atom. The molecular formula is C78H152O17P2. The van der Waals surface area contributed by atoms with Gasteiger partial charge in [0, 0.05) is 25.7 Å². The number of phosphoric acid groups is 2. The van der Waals surface area contributed by atoms with Gasteiger partial charge in [-0.05, 0) is 31.6 Å². The number of ether oxygens (including phenoxy) is 4. The minimum Gasteiger partial charge on any atom is -0.462 e. The van der Waals surface area contributed by atoms with Gasteiger partial charge in [-0.3, -0.25) is 37.3 Å². The lowest BCUT2D eigenvalue weighted by atomic mass is 10.0. The van der Waals surface area contributed by atoms with Gasteiger partial charge in [-0.1, -0.05) is 362 Å². The highest BCUT2D eigenvalue weighted by atomic mass is 31.2. The molecule has 0 aromatic carbocycles. The lowest BCUT2D eigenvalue weighted by Gasteiger charge is -2.21. The van der Waals surface area contributed by atoms with E-state index in [4.69, 9.17) is 37.0 Å². The summed E-state index contributed by atoms with van der Waals surface area (Å²) in [5.41, 5.74) is 0. The lowest BCUT2D eigenvalue weighted by molar-refractivity contribution is -0.161. The van der Waals surface area contributed by atoms with Crippen molar-refractivity contribution in [1.29, 1.82) is 0 Å². The van der Waals surface area contributed by atoms with Crippen molar-refractivity contribution in [3.05, 3.63) is 0 Å². The second-order valence-corrected chi connectivity index (χ2v) is 31.5. The van der Waals surface area contributed by atoms with Gasteiger partial charge in [0.05, 0.1) is 26.4 Å². The minimum absolute atomic E-state index is 0.108. The molecule has 0 heterocycles. The minimum atomic E-state index is -4.96. The number of hydrogen-bond donors (Lipinski definition) is 3. The first-order chi connectivity index (χ1) is 47.0. The van der Waals surface area contributed by atoms with Gasteiger partial charge in [0.15, 0.2) is 12.2 Å². The predicted octanol–water partition coefficient (Wildman–Crippen LogP) is 23.3. The van der Waals surface area contributed by atoms with Crippen molar-refractivity contribution in [2.24, 2.45) is 5.92 Å². The summed E-state index contributed by atoms with van der Waals surface area (Å²) >= 11 is 0. The fourth-order valence-corrected chi connectivity index (χ4v) is 13.6. The standard InChI is InChI=1S/C78H152O17P2/c1-6-9-12-15-18-21-24-26-27-28-29-30-31-34-39-44-49-54-59-64-78(83)95-74(68-89-76(81)62-57-52-47-42-38-35-32-33-36-40-45-50-55-60-71(4)5)70-93-97(86,87)91-66-72(79)65-90-96(84,85)92-69-73(67-88-75(80)61-56-51-46-41-23-20-17-14-11-8-3)94-77(82)63-58-53-48-43-37-25-22-19-16-13-10-7-2/h71-74,79H,6-70H2,1-5H3,(H,84,85)(H,86,87)/t72-,73+,74+/m0/s1. The highest BCUT2D eigenvalue weighted by molar-refractivity contribution is 7.47. The summed E-state index contributed by atoms with van der Waals surface area (Å²) in [6.07, 6.45) is 60.9. The first-order valence-corrected chi connectivity index (χ1v) is 43.6. The molecule has 0 amide bonds. The number of carbonyl (C=O) groups is 4. The number of unbranched alkanes of at least 4 members (excludes halogenated alkanes) is 50. The van der Waals surface area contributed by atoms with Crippen LogP contribution in [-0.2, 0) is 65.4 Å². The van der Waals surface area contributed by atoms with E-state index in [1.54, 1.807) is 0 Å². The molecular weight excluding hydrogens is 1270 g/mol. The SMILES string of the molecule is CCCCCCCCCCCCCCCCCCCCCC(=O)O[C@H](COC(=O)CCCCCCCCCCCCCCCC(C)C)COP(=O)(O)OC[C@@H](O)COP(=O)(O)OC[C@@H](COC(=O)CCCCCCCCCCCC)OC(=O)CCCCCCCCCCCCCC. The van der Waals surface area contributed by atoms with Crippen molar-refractivity contribution in [3.8, 4) is 0 Å². The Labute approximate surface area is 594 Å². The molecule has 0 saturated carbocycles. The molecule has 0 radical (unpaired) electrons. The van der Waals surface area contributed by atoms with E-state index in [0.29, 0.717) is 25.7 Å². The van der Waals surface area contributed by atoms with E-state index in [2.05, 4.69) is 34.6 Å². The van der Waals surface area contributed by atoms with Crippen molar-refractivity contribution >= 4 is 39.5 Å². The molecule has 3 N–H and O–H groups in total. The molecule has 0 aromatic rings. The molecule has 5 atom stereocenters. The molecule has 97 heavy (non-hydrogen) atoms. The summed E-state index contributed by atoms with van der Waals surface area (Å²) in [4.78, 5) is 72.9. The zero-order valence-corrected chi connectivity index (χ0v) is 65.0. The van der Waals surface area contributed by atoms with Crippen LogP contribution in [0.15, 0.2) is 0 Å². The van der Waals surface area contributed by atoms with Crippen LogP contribution >= 0.6 is 15.6 Å². The summed E-state index contributed by atoms with van der Waals surface area (Å²) in [6, 6.07) is 0. The average Bonchev–Trinajstić information content (AvgIpc) is 2.18. The Balaban J connectivity index is 5.22. The number of esters is 4. The maximum Gasteiger partial charge on any atom is 0.472 e. The quantitative estimate of drug-likeness (QED) is 0.0222. The van der Waals surface area contributed by atoms with Crippen LogP contribution in [-0.4, -0.2) is 96.7 Å². The van der Waals surface area contributed by atoms with Gasteiger partial charge in [-0.2, -0.15) is 0 Å². The summed E-state index contributed by atoms with van der Waals surface area (Å²) < 4.78 is 68.6. The molecule has 19 heteroatoms. The molecule has 0 rings (SSSR count). The molecule has 0 fully saturated rings. The topological polar surface area (TPSA) is 237 Å². The lowest BCUT2D eigenvalue weighted by Crippen LogP contribution is -2.30. The number of aliphatic hydroxyl groups excluding tert-OH is 1. The van der Waals surface area contributed by atoms with Gasteiger partial charge in [0.1, 0.15) is 19.3 Å². The molecule has 0 saturated heterocycles. The van der Waals surface area contributed by atoms with Crippen LogP contribution in [0.3, 0.4) is 0 Å². The monoisotopic (exact) mass is 1420 g/mol. The highest BCUT2D eigenvalue weighted by Crippen LogP contribution is 2.45. The number of carbonyl (C=O) groups excluding carboxylic acids is 4. The number of phosphoric ester groups is 2. The van der Waals surface area contributed by atoms with Crippen molar-refractivity contribution in [2.75, 3.05) is 39.6 Å². The van der Waals surface area contributed by atoms with E-state index in [-0.39, 0.29) is 25.7 Å². The summed E-state index contributed by atoms with van der Waals surface area (Å²) in [6.45, 7) is 7.32. The van der Waals surface area contributed by atoms with Crippen molar-refractivity contribution in [2.45, 2.75) is 432 Å². The van der Waals surface area contributed by atoms with Crippen molar-refractivity contribution in [1.82, 2.24) is 0 Å². The van der Waals surface area contributed by atoms with Crippen molar-refractivity contribution < 1.29 is 80.2 Å². The maximum absolute atomic E-state index is 13.1. The molecule has 2 unspecified atom stereocenters. The van der Waals surface area contributed by atoms with Crippen LogP contribution in [0.25, 0.3) is 0 Å². The van der Waals surface area contributed by atoms with E-state index in [1.807, 2.05) is 0 Å². The summed E-state index contributed by atoms with van der Waals surface area (Å²) in [5.74, 6) is -1.32. The highest BCUT2D eigenvalue weighted by Gasteiger charge is 2.30. The van der Waals surface area contributed by atoms with E-state index >= 15 is 0 Å². The van der Waals surface area contributed by atoms with Crippen LogP contribution in [0.4, 0.5) is 0 Å². The van der Waals surface area contributed by atoms with Crippen LogP contribution in [0.1, 0.15) is 413 Å². The smallest absolute Gasteiger partial charge is 0.462 e. The predicted molar refractivity (Wildman–Crippen MR) is 395 cm³/mol. The largest absolute Gasteiger partial charge is 0.472 e. The van der Waals surface area contributed by atoms with Gasteiger partial charge < -0.3 is 33.8 Å². The van der Waals surface area contributed by atoms with Gasteiger partial charge in [-0.25, -0.2) is 9.13 Å². The molecule has 17 nitrogen and oxygen atoms in total. The molecule has 0 bridgehead atoms. The van der Waals surface area contributed by atoms with Crippen molar-refractivity contribution in [3.63, 3.8) is 0 Å². The normalized spacial score (nSPS) is 13.9. The first kappa shape index (κ1) is 95.1. The Bertz CT molecular complexity index is 1860. The zero-order chi connectivity index (χ0) is 71.2. The average molecular weight is 1420 g/mol. The molecule has 0 aliphatic heterocycles. The first-order valence-electron chi connectivity index (χ1n) is 40.6. The van der Waals surface area contributed by atoms with Crippen LogP contribution in [0.5, 0.6) is 0 Å². The number of rotatable bonds is 78. The molecule has 576 valence electrons. The fraction of sp³-hybridized carbons (Fsp3) is 0.949. The van der Waals surface area contributed by atoms with E-state index in [1.165, 1.54) is 238 Å². The second-order valence-electron chi connectivity index (χ2n) is 28.6. The maximum atomic E-state index is 13.1. The third kappa shape index (κ3) is 72.2. The Morgan fingerprint density at radius 1 is 0.278 bits per heavy atom. The molecule has 0 aliphatic carbocycles. The van der Waals surface area contributed by atoms with Gasteiger partial charge in [0.2, 0.25) is 0 Å². The second kappa shape index (κ2) is 71.1.